The lowest BCUT2D eigenvalue weighted by Crippen LogP contribution is -2.02. The van der Waals surface area contributed by atoms with Crippen molar-refractivity contribution < 1.29 is 14.2 Å². The molecule has 1 aromatic heterocycles. The van der Waals surface area contributed by atoms with Gasteiger partial charge in [-0.2, -0.15) is 9.97 Å². The zero-order valence-electron chi connectivity index (χ0n) is 13.5. The Hall–Kier alpha value is -2.34. The second kappa shape index (κ2) is 9.57. The Morgan fingerprint density at radius 1 is 0.955 bits per heavy atom. The van der Waals surface area contributed by atoms with Crippen molar-refractivity contribution in [3.05, 3.63) is 35.9 Å². The third kappa shape index (κ3) is 5.21. The first-order valence-corrected chi connectivity index (χ1v) is 7.19. The van der Waals surface area contributed by atoms with Crippen molar-refractivity contribution in [1.29, 1.82) is 0 Å². The van der Waals surface area contributed by atoms with E-state index < -0.39 is 0 Å². The summed E-state index contributed by atoms with van der Waals surface area (Å²) in [6, 6.07) is 9.37. The molecule has 1 heterocycles. The Morgan fingerprint density at radius 3 is 1.95 bits per heavy atom. The van der Waals surface area contributed by atoms with E-state index in [0.717, 1.165) is 12.0 Å². The van der Waals surface area contributed by atoms with Gasteiger partial charge in [0.25, 0.3) is 0 Å². The fraction of sp³-hybridized carbons (Fsp3) is 0.375. The molecule has 0 saturated heterocycles. The fourth-order valence-corrected chi connectivity index (χ4v) is 1.63. The highest BCUT2D eigenvalue weighted by Crippen LogP contribution is 2.23. The van der Waals surface area contributed by atoms with Crippen LogP contribution in [0, 0.1) is 0 Å². The van der Waals surface area contributed by atoms with Crippen LogP contribution in [0.25, 0.3) is 0 Å². The van der Waals surface area contributed by atoms with E-state index in [1.165, 1.54) is 14.2 Å². The van der Waals surface area contributed by atoms with Crippen LogP contribution in [0.15, 0.2) is 30.3 Å². The first-order valence-electron chi connectivity index (χ1n) is 7.19. The summed E-state index contributed by atoms with van der Waals surface area (Å²) in [5, 5.41) is 0. The first kappa shape index (κ1) is 17.7. The van der Waals surface area contributed by atoms with Crippen molar-refractivity contribution in [2.45, 2.75) is 20.3 Å². The Morgan fingerprint density at radius 2 is 1.50 bits per heavy atom. The van der Waals surface area contributed by atoms with Crippen molar-refractivity contribution in [2.75, 3.05) is 20.8 Å². The standard InChI is InChI=1S/C14H17N3O3.C2H6/c1-18-12-9-13(19-2)17-14(16-12)20-11-5-3-10(4-6-11)7-8-15;1-2/h3-6,9H,7-8,15H2,1-2H3;1-2H3. The van der Waals surface area contributed by atoms with Crippen LogP contribution >= 0.6 is 0 Å². The topological polar surface area (TPSA) is 79.5 Å². The van der Waals surface area contributed by atoms with Crippen molar-refractivity contribution in [2.24, 2.45) is 5.73 Å². The Labute approximate surface area is 131 Å². The molecule has 0 spiro atoms. The van der Waals surface area contributed by atoms with E-state index in [2.05, 4.69) is 9.97 Å². The first-order chi connectivity index (χ1) is 10.7. The van der Waals surface area contributed by atoms with Gasteiger partial charge in [-0.15, -0.1) is 0 Å². The predicted molar refractivity (Wildman–Crippen MR) is 85.8 cm³/mol. The molecule has 22 heavy (non-hydrogen) atoms. The number of ether oxygens (including phenoxy) is 3. The lowest BCUT2D eigenvalue weighted by molar-refractivity contribution is 0.348. The third-order valence-corrected chi connectivity index (χ3v) is 2.64. The van der Waals surface area contributed by atoms with Crippen molar-refractivity contribution in [3.8, 4) is 23.5 Å². The average molecular weight is 305 g/mol. The van der Waals surface area contributed by atoms with Gasteiger partial charge in [-0.3, -0.25) is 0 Å². The van der Waals surface area contributed by atoms with Gasteiger partial charge in [0.2, 0.25) is 11.8 Å². The minimum Gasteiger partial charge on any atom is -0.481 e. The Kier molecular flexibility index (Phi) is 7.70. The van der Waals surface area contributed by atoms with E-state index in [0.29, 0.717) is 24.1 Å². The SMILES string of the molecule is CC.COc1cc(OC)nc(Oc2ccc(CCN)cc2)n1. The highest BCUT2D eigenvalue weighted by Gasteiger charge is 2.07. The molecule has 0 unspecified atom stereocenters. The molecule has 2 aromatic rings. The second-order valence-electron chi connectivity index (χ2n) is 4.02. The van der Waals surface area contributed by atoms with Crippen LogP contribution in [0.4, 0.5) is 0 Å². The van der Waals surface area contributed by atoms with E-state index in [1.807, 2.05) is 38.1 Å². The summed E-state index contributed by atoms with van der Waals surface area (Å²) in [6.07, 6.45) is 0.837. The minimum absolute atomic E-state index is 0.174. The van der Waals surface area contributed by atoms with E-state index in [1.54, 1.807) is 6.07 Å². The van der Waals surface area contributed by atoms with Gasteiger partial charge < -0.3 is 19.9 Å². The van der Waals surface area contributed by atoms with Gasteiger partial charge in [0.05, 0.1) is 20.3 Å². The number of nitrogens with two attached hydrogens (primary N) is 1. The van der Waals surface area contributed by atoms with Crippen molar-refractivity contribution in [3.63, 3.8) is 0 Å². The largest absolute Gasteiger partial charge is 0.481 e. The van der Waals surface area contributed by atoms with Gasteiger partial charge in [-0.25, -0.2) is 0 Å². The predicted octanol–water partition coefficient (Wildman–Crippen LogP) is 2.81. The minimum atomic E-state index is 0.174. The zero-order chi connectivity index (χ0) is 16.4. The van der Waals surface area contributed by atoms with Crippen LogP contribution in [0.5, 0.6) is 23.5 Å². The molecule has 1 aromatic carbocycles. The molecule has 0 radical (unpaired) electrons. The average Bonchev–Trinajstić information content (AvgIpc) is 2.58. The van der Waals surface area contributed by atoms with Crippen LogP contribution in [0.1, 0.15) is 19.4 Å². The van der Waals surface area contributed by atoms with E-state index in [-0.39, 0.29) is 6.01 Å². The van der Waals surface area contributed by atoms with Crippen LogP contribution in [0.3, 0.4) is 0 Å². The number of hydrogen-bond acceptors (Lipinski definition) is 6. The van der Waals surface area contributed by atoms with Crippen LogP contribution in [-0.2, 0) is 6.42 Å². The number of aromatic nitrogens is 2. The number of rotatable bonds is 6. The van der Waals surface area contributed by atoms with E-state index in [9.17, 15) is 0 Å². The van der Waals surface area contributed by atoms with E-state index in [4.69, 9.17) is 19.9 Å². The quantitative estimate of drug-likeness (QED) is 0.884. The van der Waals surface area contributed by atoms with Gasteiger partial charge >= 0.3 is 6.01 Å². The summed E-state index contributed by atoms with van der Waals surface area (Å²) in [5.41, 5.74) is 6.66. The smallest absolute Gasteiger partial charge is 0.328 e. The van der Waals surface area contributed by atoms with Crippen LogP contribution in [-0.4, -0.2) is 30.7 Å². The van der Waals surface area contributed by atoms with Gasteiger partial charge in [0, 0.05) is 0 Å². The highest BCUT2D eigenvalue weighted by atomic mass is 16.5. The molecule has 6 heteroatoms. The molecule has 0 fully saturated rings. The summed E-state index contributed by atoms with van der Waals surface area (Å²) in [6.45, 7) is 4.62. The van der Waals surface area contributed by atoms with Gasteiger partial charge in [0.15, 0.2) is 0 Å². The second-order valence-corrected chi connectivity index (χ2v) is 4.02. The maximum Gasteiger partial charge on any atom is 0.328 e. The van der Waals surface area contributed by atoms with Gasteiger partial charge in [-0.1, -0.05) is 26.0 Å². The molecule has 0 aliphatic carbocycles. The molecule has 0 amide bonds. The van der Waals surface area contributed by atoms with Gasteiger partial charge in [-0.05, 0) is 30.7 Å². The van der Waals surface area contributed by atoms with Crippen molar-refractivity contribution in [1.82, 2.24) is 9.97 Å². The number of methoxy groups -OCH3 is 2. The summed E-state index contributed by atoms with van der Waals surface area (Å²) >= 11 is 0. The lowest BCUT2D eigenvalue weighted by Gasteiger charge is -2.08. The normalized spacial score (nSPS) is 9.50. The summed E-state index contributed by atoms with van der Waals surface area (Å²) in [5.74, 6) is 1.40. The molecule has 0 bridgehead atoms. The molecule has 6 nitrogen and oxygen atoms in total. The Balaban J connectivity index is 0.00000116. The van der Waals surface area contributed by atoms with Crippen molar-refractivity contribution >= 4 is 0 Å². The third-order valence-electron chi connectivity index (χ3n) is 2.64. The molecule has 120 valence electrons. The number of hydrogen-bond donors (Lipinski definition) is 1. The highest BCUT2D eigenvalue weighted by molar-refractivity contribution is 5.31. The summed E-state index contributed by atoms with van der Waals surface area (Å²) < 4.78 is 15.7. The molecule has 0 aliphatic heterocycles. The fourth-order valence-electron chi connectivity index (χ4n) is 1.63. The molecule has 0 aliphatic rings. The van der Waals surface area contributed by atoms with E-state index >= 15 is 0 Å². The monoisotopic (exact) mass is 305 g/mol. The van der Waals surface area contributed by atoms with Crippen LogP contribution in [0.2, 0.25) is 0 Å². The summed E-state index contributed by atoms with van der Waals surface area (Å²) in [4.78, 5) is 8.20. The molecular weight excluding hydrogens is 282 g/mol. The molecule has 0 atom stereocenters. The molecular formula is C16H23N3O3. The van der Waals surface area contributed by atoms with Crippen LogP contribution < -0.4 is 19.9 Å². The molecule has 2 N–H and O–H groups in total. The maximum absolute atomic E-state index is 5.58. The number of benzene rings is 1. The lowest BCUT2D eigenvalue weighted by atomic mass is 10.1. The molecule has 0 saturated carbocycles. The maximum atomic E-state index is 5.58. The molecule has 2 rings (SSSR count). The zero-order valence-corrected chi connectivity index (χ0v) is 13.5. The van der Waals surface area contributed by atoms with Gasteiger partial charge in [0.1, 0.15) is 5.75 Å². The summed E-state index contributed by atoms with van der Waals surface area (Å²) in [7, 11) is 3.04. The number of nitrogens with zero attached hydrogens (tertiary/aromatic N) is 2. The Bertz CT molecular complexity index is 537.